The van der Waals surface area contributed by atoms with Crippen molar-refractivity contribution in [3.8, 4) is 5.75 Å². The summed E-state index contributed by atoms with van der Waals surface area (Å²) in [5.74, 6) is -1.54. The van der Waals surface area contributed by atoms with E-state index in [0.717, 1.165) is 7.11 Å². The first-order valence-corrected chi connectivity index (χ1v) is 6.36. The monoisotopic (exact) mass is 259 g/mol. The van der Waals surface area contributed by atoms with Crippen LogP contribution in [0, 0.1) is 6.92 Å². The summed E-state index contributed by atoms with van der Waals surface area (Å²) < 4.78 is 29.6. The van der Waals surface area contributed by atoms with Crippen molar-refractivity contribution in [1.29, 1.82) is 0 Å². The molecule has 0 saturated carbocycles. The van der Waals surface area contributed by atoms with Gasteiger partial charge < -0.3 is 9.84 Å². The molecule has 0 amide bonds. The molecule has 0 unspecified atom stereocenters. The highest BCUT2D eigenvalue weighted by molar-refractivity contribution is 7.93. The van der Waals surface area contributed by atoms with Gasteiger partial charge in [0.05, 0.1) is 12.8 Å². The van der Waals surface area contributed by atoms with Crippen LogP contribution in [0.4, 0.5) is 5.69 Å². The van der Waals surface area contributed by atoms with Crippen LogP contribution in [0.2, 0.25) is 0 Å². The van der Waals surface area contributed by atoms with Gasteiger partial charge in [-0.3, -0.25) is 9.52 Å². The van der Waals surface area contributed by atoms with E-state index in [9.17, 15) is 13.2 Å². The smallest absolute Gasteiger partial charge is 0.322 e. The van der Waals surface area contributed by atoms with Crippen molar-refractivity contribution in [3.05, 3.63) is 23.8 Å². The highest BCUT2D eigenvalue weighted by atomic mass is 32.2. The van der Waals surface area contributed by atoms with Crippen molar-refractivity contribution in [2.45, 2.75) is 6.92 Å². The second-order valence-corrected chi connectivity index (χ2v) is 5.16. The van der Waals surface area contributed by atoms with Crippen molar-refractivity contribution in [1.82, 2.24) is 0 Å². The summed E-state index contributed by atoms with van der Waals surface area (Å²) in [6.45, 7) is 1.63. The van der Waals surface area contributed by atoms with E-state index in [1.54, 1.807) is 6.92 Å². The number of rotatable bonds is 4. The Balaban J connectivity index is 2.87. The minimum Gasteiger partial charge on any atom is -0.508 e. The SMILES string of the molecule is COC(=O)CS(=O)(=O)Nc1ccc(O)cc1C. The van der Waals surface area contributed by atoms with Gasteiger partial charge in [0.2, 0.25) is 10.0 Å². The number of aromatic hydroxyl groups is 1. The second kappa shape index (κ2) is 5.05. The average molecular weight is 259 g/mol. The van der Waals surface area contributed by atoms with Crippen molar-refractivity contribution in [2.75, 3.05) is 17.6 Å². The number of carbonyl (C=O) groups excluding carboxylic acids is 1. The van der Waals surface area contributed by atoms with Crippen LogP contribution in [0.25, 0.3) is 0 Å². The third-order valence-corrected chi connectivity index (χ3v) is 3.16. The van der Waals surface area contributed by atoms with E-state index in [2.05, 4.69) is 9.46 Å². The third kappa shape index (κ3) is 3.95. The molecule has 1 aromatic rings. The molecular weight excluding hydrogens is 246 g/mol. The lowest BCUT2D eigenvalue weighted by Gasteiger charge is -2.09. The fourth-order valence-electron chi connectivity index (χ4n) is 1.18. The number of hydrogen-bond donors (Lipinski definition) is 2. The van der Waals surface area contributed by atoms with Crippen LogP contribution in [0.3, 0.4) is 0 Å². The predicted molar refractivity (Wildman–Crippen MR) is 62.3 cm³/mol. The Labute approximate surface area is 99.3 Å². The lowest BCUT2D eigenvalue weighted by Crippen LogP contribution is -2.23. The van der Waals surface area contributed by atoms with E-state index < -0.39 is 21.7 Å². The first-order chi connectivity index (χ1) is 7.84. The van der Waals surface area contributed by atoms with Crippen molar-refractivity contribution in [3.63, 3.8) is 0 Å². The Hall–Kier alpha value is -1.76. The lowest BCUT2D eigenvalue weighted by molar-refractivity contribution is -0.137. The first kappa shape index (κ1) is 13.3. The topological polar surface area (TPSA) is 92.7 Å². The molecule has 0 radical (unpaired) electrons. The molecule has 0 aromatic heterocycles. The maximum Gasteiger partial charge on any atom is 0.322 e. The molecule has 17 heavy (non-hydrogen) atoms. The van der Waals surface area contributed by atoms with Crippen LogP contribution in [-0.4, -0.2) is 32.4 Å². The average Bonchev–Trinajstić information content (AvgIpc) is 2.21. The van der Waals surface area contributed by atoms with E-state index in [1.165, 1.54) is 18.2 Å². The van der Waals surface area contributed by atoms with E-state index in [0.29, 0.717) is 11.3 Å². The minimum atomic E-state index is -3.79. The quantitative estimate of drug-likeness (QED) is 0.610. The van der Waals surface area contributed by atoms with E-state index in [-0.39, 0.29) is 5.75 Å². The Bertz CT molecular complexity index is 523. The standard InChI is InChI=1S/C10H13NO5S/c1-7-5-8(12)3-4-9(7)11-17(14,15)6-10(13)16-2/h3-5,11-12H,6H2,1-2H3. The Morgan fingerprint density at radius 3 is 2.65 bits per heavy atom. The number of methoxy groups -OCH3 is 1. The molecule has 0 fully saturated rings. The summed E-state index contributed by atoms with van der Waals surface area (Å²) >= 11 is 0. The molecule has 0 aliphatic heterocycles. The molecule has 2 N–H and O–H groups in total. The van der Waals surface area contributed by atoms with Gasteiger partial charge in [-0.1, -0.05) is 0 Å². The number of anilines is 1. The minimum absolute atomic E-state index is 0.0402. The summed E-state index contributed by atoms with van der Waals surface area (Å²) in [6.07, 6.45) is 0. The van der Waals surface area contributed by atoms with Crippen molar-refractivity contribution < 1.29 is 23.1 Å². The number of aryl methyl sites for hydroxylation is 1. The normalized spacial score (nSPS) is 10.9. The first-order valence-electron chi connectivity index (χ1n) is 4.71. The fourth-order valence-corrected chi connectivity index (χ4v) is 2.24. The Morgan fingerprint density at radius 2 is 2.12 bits per heavy atom. The molecule has 94 valence electrons. The van der Waals surface area contributed by atoms with Crippen LogP contribution in [0.1, 0.15) is 5.56 Å². The predicted octanol–water partition coefficient (Wildman–Crippen LogP) is 0.615. The number of hydrogen-bond acceptors (Lipinski definition) is 5. The van der Waals surface area contributed by atoms with Gasteiger partial charge in [-0.15, -0.1) is 0 Å². The highest BCUT2D eigenvalue weighted by Gasteiger charge is 2.17. The molecule has 1 aromatic carbocycles. The van der Waals surface area contributed by atoms with Gasteiger partial charge >= 0.3 is 5.97 Å². The lowest BCUT2D eigenvalue weighted by atomic mass is 10.2. The van der Waals surface area contributed by atoms with E-state index in [4.69, 9.17) is 5.11 Å². The summed E-state index contributed by atoms with van der Waals surface area (Å²) in [4.78, 5) is 10.9. The zero-order valence-electron chi connectivity index (χ0n) is 9.43. The molecule has 0 saturated heterocycles. The van der Waals surface area contributed by atoms with Gasteiger partial charge in [0.1, 0.15) is 5.75 Å². The molecule has 6 nitrogen and oxygen atoms in total. The molecule has 1 rings (SSSR count). The van der Waals surface area contributed by atoms with E-state index >= 15 is 0 Å². The van der Waals surface area contributed by atoms with Crippen LogP contribution in [0.5, 0.6) is 5.75 Å². The largest absolute Gasteiger partial charge is 0.508 e. The molecule has 0 atom stereocenters. The summed E-state index contributed by atoms with van der Waals surface area (Å²) in [6, 6.07) is 4.18. The van der Waals surface area contributed by atoms with Gasteiger partial charge in [-0.2, -0.15) is 0 Å². The number of esters is 1. The van der Waals surface area contributed by atoms with Gasteiger partial charge in [-0.05, 0) is 30.7 Å². The molecule has 0 aliphatic rings. The van der Waals surface area contributed by atoms with Crippen LogP contribution in [0.15, 0.2) is 18.2 Å². The Kier molecular flexibility index (Phi) is 3.95. The molecule has 7 heteroatoms. The maximum atomic E-state index is 11.5. The number of phenols is 1. The van der Waals surface area contributed by atoms with Gasteiger partial charge in [0.25, 0.3) is 0 Å². The Morgan fingerprint density at radius 1 is 1.47 bits per heavy atom. The zero-order valence-corrected chi connectivity index (χ0v) is 10.2. The van der Waals surface area contributed by atoms with Crippen LogP contribution in [-0.2, 0) is 19.6 Å². The molecule has 0 aliphatic carbocycles. The van der Waals surface area contributed by atoms with Crippen LogP contribution < -0.4 is 4.72 Å². The number of carbonyl (C=O) groups is 1. The number of phenolic OH excluding ortho intramolecular Hbond substituents is 1. The fraction of sp³-hybridized carbons (Fsp3) is 0.300. The van der Waals surface area contributed by atoms with E-state index in [1.807, 2.05) is 0 Å². The highest BCUT2D eigenvalue weighted by Crippen LogP contribution is 2.21. The molecule has 0 spiro atoms. The number of benzene rings is 1. The summed E-state index contributed by atoms with van der Waals surface area (Å²) in [5.41, 5.74) is 0.866. The van der Waals surface area contributed by atoms with Crippen molar-refractivity contribution in [2.24, 2.45) is 0 Å². The number of sulfonamides is 1. The van der Waals surface area contributed by atoms with Gasteiger partial charge in [0.15, 0.2) is 5.75 Å². The number of ether oxygens (including phenoxy) is 1. The zero-order chi connectivity index (χ0) is 13.1. The third-order valence-electron chi connectivity index (χ3n) is 2.01. The van der Waals surface area contributed by atoms with Gasteiger partial charge in [-0.25, -0.2) is 8.42 Å². The van der Waals surface area contributed by atoms with Crippen molar-refractivity contribution >= 4 is 21.7 Å². The summed E-state index contributed by atoms with van der Waals surface area (Å²) in [5, 5.41) is 9.17. The second-order valence-electron chi connectivity index (χ2n) is 3.44. The number of nitrogens with one attached hydrogen (secondary N) is 1. The molecular formula is C10H13NO5S. The molecule has 0 bridgehead atoms. The van der Waals surface area contributed by atoms with Gasteiger partial charge in [0, 0.05) is 0 Å². The molecule has 0 heterocycles. The summed E-state index contributed by atoms with van der Waals surface area (Å²) in [7, 11) is -2.67. The maximum absolute atomic E-state index is 11.5. The van der Waals surface area contributed by atoms with Crippen LogP contribution >= 0.6 is 0 Å².